The highest BCUT2D eigenvalue weighted by atomic mass is 35.5. The number of ether oxygens (including phenoxy) is 1. The molecule has 0 saturated heterocycles. The molecule has 1 N–H and O–H groups in total. The van der Waals surface area contributed by atoms with Crippen LogP contribution in [0.3, 0.4) is 0 Å². The molecule has 1 aliphatic heterocycles. The maximum Gasteiger partial charge on any atom is 0.231 e. The van der Waals surface area contributed by atoms with Gasteiger partial charge in [0.05, 0.1) is 18.7 Å². The van der Waals surface area contributed by atoms with E-state index >= 15 is 0 Å². The number of carbonyl (C=O) groups excluding carboxylic acids is 1. The van der Waals surface area contributed by atoms with Gasteiger partial charge in [-0.05, 0) is 29.8 Å². The molecule has 2 aromatic carbocycles. The average Bonchev–Trinajstić information content (AvgIpc) is 2.97. The Hall–Kier alpha value is -2.46. The monoisotopic (exact) mass is 326 g/mol. The molecule has 1 amide bonds. The molecule has 1 aliphatic rings. The summed E-state index contributed by atoms with van der Waals surface area (Å²) in [5.41, 5.74) is 2.79. The van der Waals surface area contributed by atoms with E-state index in [2.05, 4.69) is 4.98 Å². The molecule has 4 nitrogen and oxygen atoms in total. The highest BCUT2D eigenvalue weighted by Crippen LogP contribution is 2.34. The van der Waals surface area contributed by atoms with Crippen LogP contribution in [0.2, 0.25) is 5.02 Å². The van der Waals surface area contributed by atoms with E-state index in [1.54, 1.807) is 17.0 Å². The van der Waals surface area contributed by atoms with Crippen molar-refractivity contribution in [2.24, 2.45) is 0 Å². The molecule has 1 aromatic heterocycles. The van der Waals surface area contributed by atoms with Crippen molar-refractivity contribution in [1.82, 2.24) is 4.98 Å². The van der Waals surface area contributed by atoms with Crippen molar-refractivity contribution in [1.29, 1.82) is 0 Å². The summed E-state index contributed by atoms with van der Waals surface area (Å²) in [6, 6.07) is 13.4. The van der Waals surface area contributed by atoms with Gasteiger partial charge in [-0.3, -0.25) is 4.79 Å². The van der Waals surface area contributed by atoms with Gasteiger partial charge >= 0.3 is 0 Å². The predicted molar refractivity (Wildman–Crippen MR) is 91.3 cm³/mol. The number of hydrogen-bond acceptors (Lipinski definition) is 2. The number of rotatable bonds is 2. The van der Waals surface area contributed by atoms with Crippen LogP contribution in [0.25, 0.3) is 10.9 Å². The van der Waals surface area contributed by atoms with E-state index in [0.717, 1.165) is 22.2 Å². The lowest BCUT2D eigenvalue weighted by molar-refractivity contribution is -0.118. The summed E-state index contributed by atoms with van der Waals surface area (Å²) in [5, 5.41) is 1.68. The molecule has 0 fully saturated rings. The summed E-state index contributed by atoms with van der Waals surface area (Å²) in [6.07, 6.45) is 2.25. The number of anilines is 1. The van der Waals surface area contributed by atoms with Crippen molar-refractivity contribution < 1.29 is 9.53 Å². The van der Waals surface area contributed by atoms with Crippen LogP contribution in [-0.4, -0.2) is 24.0 Å². The Morgan fingerprint density at radius 2 is 2.13 bits per heavy atom. The fourth-order valence-electron chi connectivity index (χ4n) is 2.99. The van der Waals surface area contributed by atoms with Gasteiger partial charge in [0.15, 0.2) is 0 Å². The van der Waals surface area contributed by atoms with E-state index in [9.17, 15) is 4.79 Å². The van der Waals surface area contributed by atoms with Crippen LogP contribution < -0.4 is 9.64 Å². The Bertz CT molecular complexity index is 888. The van der Waals surface area contributed by atoms with Gasteiger partial charge < -0.3 is 14.6 Å². The smallest absolute Gasteiger partial charge is 0.231 e. The first-order valence-corrected chi connectivity index (χ1v) is 7.88. The van der Waals surface area contributed by atoms with Crippen LogP contribution in [-0.2, 0) is 11.2 Å². The minimum absolute atomic E-state index is 0.0431. The lowest BCUT2D eigenvalue weighted by Gasteiger charge is -2.29. The zero-order valence-corrected chi connectivity index (χ0v) is 13.1. The quantitative estimate of drug-likeness (QED) is 0.778. The van der Waals surface area contributed by atoms with Crippen LogP contribution in [0.4, 0.5) is 5.69 Å². The number of fused-ring (bicyclic) bond motifs is 2. The van der Waals surface area contributed by atoms with Crippen molar-refractivity contribution in [3.63, 3.8) is 0 Å². The second-order valence-corrected chi connectivity index (χ2v) is 5.98. The first-order chi connectivity index (χ1) is 11.2. The molecule has 0 aliphatic carbocycles. The number of aromatic nitrogens is 1. The number of para-hydroxylation sites is 1. The number of benzene rings is 2. The van der Waals surface area contributed by atoms with Crippen LogP contribution in [0.5, 0.6) is 5.75 Å². The average molecular weight is 327 g/mol. The SMILES string of the molecule is O=C(Cc1c[nH]c2ccccc12)N1CCOc2ccc(Cl)cc21. The third-order valence-electron chi connectivity index (χ3n) is 4.10. The predicted octanol–water partition coefficient (Wildman–Crippen LogP) is 3.79. The van der Waals surface area contributed by atoms with E-state index in [4.69, 9.17) is 16.3 Å². The van der Waals surface area contributed by atoms with Crippen molar-refractivity contribution in [2.75, 3.05) is 18.1 Å². The second-order valence-electron chi connectivity index (χ2n) is 5.54. The number of aromatic amines is 1. The molecule has 4 rings (SSSR count). The fourth-order valence-corrected chi connectivity index (χ4v) is 3.15. The summed E-state index contributed by atoms with van der Waals surface area (Å²) >= 11 is 6.07. The van der Waals surface area contributed by atoms with Gasteiger partial charge in [0.2, 0.25) is 5.91 Å². The molecule has 116 valence electrons. The second kappa shape index (κ2) is 5.63. The van der Waals surface area contributed by atoms with E-state index in [1.807, 2.05) is 36.5 Å². The van der Waals surface area contributed by atoms with Gasteiger partial charge in [0.1, 0.15) is 12.4 Å². The molecule has 0 saturated carbocycles. The van der Waals surface area contributed by atoms with E-state index in [1.165, 1.54) is 0 Å². The number of hydrogen-bond donors (Lipinski definition) is 1. The summed E-state index contributed by atoms with van der Waals surface area (Å²) in [4.78, 5) is 17.8. The Balaban J connectivity index is 1.64. The number of nitrogens with zero attached hydrogens (tertiary/aromatic N) is 1. The Morgan fingerprint density at radius 3 is 3.04 bits per heavy atom. The molecule has 23 heavy (non-hydrogen) atoms. The van der Waals surface area contributed by atoms with Crippen molar-refractivity contribution in [3.05, 3.63) is 59.2 Å². The minimum atomic E-state index is 0.0431. The van der Waals surface area contributed by atoms with Gasteiger partial charge in [-0.1, -0.05) is 29.8 Å². The van der Waals surface area contributed by atoms with Crippen molar-refractivity contribution in [3.8, 4) is 5.75 Å². The lowest BCUT2D eigenvalue weighted by Crippen LogP contribution is -2.38. The number of amides is 1. The number of halogens is 1. The summed E-state index contributed by atoms with van der Waals surface area (Å²) in [5.74, 6) is 0.745. The molecule has 0 radical (unpaired) electrons. The molecule has 5 heteroatoms. The normalized spacial score (nSPS) is 13.7. The standard InChI is InChI=1S/C18H15ClN2O2/c19-13-5-6-17-16(10-13)21(7-8-23-17)18(22)9-12-11-20-15-4-2-1-3-14(12)15/h1-6,10-11,20H,7-9H2. The van der Waals surface area contributed by atoms with E-state index in [-0.39, 0.29) is 5.91 Å². The number of carbonyl (C=O) groups is 1. The zero-order valence-electron chi connectivity index (χ0n) is 12.4. The molecular weight excluding hydrogens is 312 g/mol. The molecule has 3 aromatic rings. The summed E-state index contributed by atoms with van der Waals surface area (Å²) in [7, 11) is 0. The third-order valence-corrected chi connectivity index (χ3v) is 4.34. The Morgan fingerprint density at radius 1 is 1.26 bits per heavy atom. The van der Waals surface area contributed by atoms with Gasteiger partial charge in [0.25, 0.3) is 0 Å². The molecule has 0 unspecified atom stereocenters. The Kier molecular flexibility index (Phi) is 3.46. The molecule has 0 atom stereocenters. The van der Waals surface area contributed by atoms with Crippen LogP contribution in [0.1, 0.15) is 5.56 Å². The van der Waals surface area contributed by atoms with Gasteiger partial charge in [-0.2, -0.15) is 0 Å². The summed E-state index contributed by atoms with van der Waals surface area (Å²) in [6.45, 7) is 1.03. The highest BCUT2D eigenvalue weighted by Gasteiger charge is 2.24. The molecule has 0 bridgehead atoms. The van der Waals surface area contributed by atoms with Crippen LogP contribution in [0, 0.1) is 0 Å². The Labute approximate surface area is 138 Å². The van der Waals surface area contributed by atoms with Gasteiger partial charge in [0, 0.05) is 22.1 Å². The van der Waals surface area contributed by atoms with Crippen molar-refractivity contribution in [2.45, 2.75) is 6.42 Å². The highest BCUT2D eigenvalue weighted by molar-refractivity contribution is 6.31. The zero-order chi connectivity index (χ0) is 15.8. The van der Waals surface area contributed by atoms with Crippen molar-refractivity contribution >= 4 is 34.1 Å². The van der Waals surface area contributed by atoms with Gasteiger partial charge in [-0.15, -0.1) is 0 Å². The van der Waals surface area contributed by atoms with E-state index < -0.39 is 0 Å². The summed E-state index contributed by atoms with van der Waals surface area (Å²) < 4.78 is 5.61. The van der Waals surface area contributed by atoms with Gasteiger partial charge in [-0.25, -0.2) is 0 Å². The largest absolute Gasteiger partial charge is 0.490 e. The maximum absolute atomic E-state index is 12.8. The first-order valence-electron chi connectivity index (χ1n) is 7.50. The first kappa shape index (κ1) is 14.2. The van der Waals surface area contributed by atoms with E-state index in [0.29, 0.717) is 30.3 Å². The number of H-pyrrole nitrogens is 1. The minimum Gasteiger partial charge on any atom is -0.490 e. The molecular formula is C18H15ClN2O2. The maximum atomic E-state index is 12.8. The number of nitrogens with one attached hydrogen (secondary N) is 1. The van der Waals surface area contributed by atoms with Crippen LogP contribution >= 0.6 is 11.6 Å². The third kappa shape index (κ3) is 2.55. The topological polar surface area (TPSA) is 45.3 Å². The molecule has 2 heterocycles. The molecule has 0 spiro atoms. The lowest BCUT2D eigenvalue weighted by atomic mass is 10.1. The van der Waals surface area contributed by atoms with Crippen LogP contribution in [0.15, 0.2) is 48.7 Å². The fraction of sp³-hybridized carbons (Fsp3) is 0.167.